The van der Waals surface area contributed by atoms with Gasteiger partial charge in [-0.3, -0.25) is 4.79 Å². The van der Waals surface area contributed by atoms with Crippen molar-refractivity contribution in [2.45, 2.75) is 6.54 Å². The molecule has 2 aromatic rings. The van der Waals surface area contributed by atoms with Gasteiger partial charge < -0.3 is 20.7 Å². The third kappa shape index (κ3) is 3.73. The third-order valence-electron chi connectivity index (χ3n) is 2.79. The number of nitrogens with zero attached hydrogens (tertiary/aromatic N) is 2. The number of rotatable bonds is 6. The number of benzene rings is 1. The highest BCUT2D eigenvalue weighted by molar-refractivity contribution is 6.33. The van der Waals surface area contributed by atoms with Crippen molar-refractivity contribution < 1.29 is 14.7 Å². The molecule has 0 aliphatic carbocycles. The Balaban J connectivity index is 1.93. The molecule has 0 fully saturated rings. The Morgan fingerprint density at radius 3 is 2.76 bits per heavy atom. The Hall–Kier alpha value is -2.54. The van der Waals surface area contributed by atoms with E-state index in [1.54, 1.807) is 16.7 Å². The predicted molar refractivity (Wildman–Crippen MR) is 77.6 cm³/mol. The number of nitrogens with one attached hydrogen (secondary N) is 1. The van der Waals surface area contributed by atoms with E-state index in [9.17, 15) is 9.59 Å². The Morgan fingerprint density at radius 1 is 1.43 bits per heavy atom. The Morgan fingerprint density at radius 2 is 2.19 bits per heavy atom. The standard InChI is InChI=1S/C13H13ClN4O3/c14-9-5-8(12(15)19)1-2-10(9)16-3-4-18-6-11(13(20)21)17-7-18/h1-2,5-7,16H,3-4H2,(H2,15,19)(H,20,21). The molecule has 0 aliphatic rings. The van der Waals surface area contributed by atoms with Crippen LogP contribution >= 0.6 is 11.6 Å². The average Bonchev–Trinajstić information content (AvgIpc) is 2.89. The first-order chi connectivity index (χ1) is 9.97. The molecule has 8 heteroatoms. The van der Waals surface area contributed by atoms with Crippen molar-refractivity contribution in [1.82, 2.24) is 9.55 Å². The van der Waals surface area contributed by atoms with E-state index in [2.05, 4.69) is 10.3 Å². The molecule has 1 amide bonds. The summed E-state index contributed by atoms with van der Waals surface area (Å²) in [7, 11) is 0. The van der Waals surface area contributed by atoms with Gasteiger partial charge >= 0.3 is 5.97 Å². The summed E-state index contributed by atoms with van der Waals surface area (Å²) in [5.74, 6) is -1.60. The van der Waals surface area contributed by atoms with Crippen LogP contribution in [0.5, 0.6) is 0 Å². The third-order valence-corrected chi connectivity index (χ3v) is 3.10. The van der Waals surface area contributed by atoms with Crippen LogP contribution in [0.4, 0.5) is 5.69 Å². The molecular weight excluding hydrogens is 296 g/mol. The maximum absolute atomic E-state index is 11.0. The second-order valence-corrected chi connectivity index (χ2v) is 4.69. The SMILES string of the molecule is NC(=O)c1ccc(NCCn2cnc(C(=O)O)c2)c(Cl)c1. The monoisotopic (exact) mass is 308 g/mol. The van der Waals surface area contributed by atoms with Crippen LogP contribution in [0.3, 0.4) is 0 Å². The summed E-state index contributed by atoms with van der Waals surface area (Å²) in [5.41, 5.74) is 6.16. The second kappa shape index (κ2) is 6.27. The number of hydrogen-bond donors (Lipinski definition) is 3. The lowest BCUT2D eigenvalue weighted by molar-refractivity contribution is 0.0690. The van der Waals surface area contributed by atoms with Gasteiger partial charge in [0.15, 0.2) is 5.69 Å². The van der Waals surface area contributed by atoms with Crippen LogP contribution in [-0.2, 0) is 6.54 Å². The number of imidazole rings is 1. The number of carbonyl (C=O) groups excluding carboxylic acids is 1. The number of carboxylic acids is 1. The van der Waals surface area contributed by atoms with Crippen LogP contribution in [-0.4, -0.2) is 33.1 Å². The normalized spacial score (nSPS) is 10.3. The Kier molecular flexibility index (Phi) is 4.44. The number of hydrogen-bond acceptors (Lipinski definition) is 4. The molecule has 1 heterocycles. The van der Waals surface area contributed by atoms with Crippen LogP contribution in [0, 0.1) is 0 Å². The van der Waals surface area contributed by atoms with Gasteiger partial charge in [0.25, 0.3) is 0 Å². The molecule has 1 aromatic carbocycles. The molecule has 1 aromatic heterocycles. The van der Waals surface area contributed by atoms with Crippen molar-refractivity contribution in [2.75, 3.05) is 11.9 Å². The van der Waals surface area contributed by atoms with Crippen molar-refractivity contribution in [3.05, 3.63) is 47.0 Å². The first-order valence-electron chi connectivity index (χ1n) is 6.05. The number of carbonyl (C=O) groups is 2. The summed E-state index contributed by atoms with van der Waals surface area (Å²) >= 11 is 6.03. The molecule has 0 saturated heterocycles. The topological polar surface area (TPSA) is 110 Å². The molecule has 0 bridgehead atoms. The zero-order valence-corrected chi connectivity index (χ0v) is 11.7. The largest absolute Gasteiger partial charge is 0.476 e. The molecule has 2 rings (SSSR count). The quantitative estimate of drug-likeness (QED) is 0.748. The minimum atomic E-state index is -1.06. The molecule has 0 radical (unpaired) electrons. The average molecular weight is 309 g/mol. The molecule has 21 heavy (non-hydrogen) atoms. The van der Waals surface area contributed by atoms with Gasteiger partial charge in [-0.2, -0.15) is 0 Å². The first-order valence-corrected chi connectivity index (χ1v) is 6.43. The van der Waals surface area contributed by atoms with E-state index in [0.717, 1.165) is 0 Å². The fourth-order valence-corrected chi connectivity index (χ4v) is 1.97. The van der Waals surface area contributed by atoms with Crippen LogP contribution < -0.4 is 11.1 Å². The van der Waals surface area contributed by atoms with Crippen LogP contribution in [0.25, 0.3) is 0 Å². The van der Waals surface area contributed by atoms with E-state index >= 15 is 0 Å². The highest BCUT2D eigenvalue weighted by atomic mass is 35.5. The molecule has 7 nitrogen and oxygen atoms in total. The molecule has 110 valence electrons. The summed E-state index contributed by atoms with van der Waals surface area (Å²) in [4.78, 5) is 25.4. The van der Waals surface area contributed by atoms with Gasteiger partial charge in [-0.05, 0) is 18.2 Å². The second-order valence-electron chi connectivity index (χ2n) is 4.29. The summed E-state index contributed by atoms with van der Waals surface area (Å²) in [6.45, 7) is 1.04. The number of aromatic carboxylic acids is 1. The summed E-state index contributed by atoms with van der Waals surface area (Å²) in [6.07, 6.45) is 2.89. The molecular formula is C13H13ClN4O3. The molecule has 0 atom stereocenters. The maximum Gasteiger partial charge on any atom is 0.356 e. The van der Waals surface area contributed by atoms with Crippen LogP contribution in [0.1, 0.15) is 20.8 Å². The minimum absolute atomic E-state index is 0.00107. The zero-order chi connectivity index (χ0) is 15.4. The van der Waals surface area contributed by atoms with E-state index in [0.29, 0.717) is 29.4 Å². The number of amides is 1. The molecule has 0 unspecified atom stereocenters. The zero-order valence-electron chi connectivity index (χ0n) is 10.9. The first kappa shape index (κ1) is 14.9. The summed E-state index contributed by atoms with van der Waals surface area (Å²) in [5, 5.41) is 12.2. The van der Waals surface area contributed by atoms with Crippen LogP contribution in [0.2, 0.25) is 5.02 Å². The number of anilines is 1. The fraction of sp³-hybridized carbons (Fsp3) is 0.154. The van der Waals surface area contributed by atoms with Gasteiger partial charge in [-0.25, -0.2) is 9.78 Å². The van der Waals surface area contributed by atoms with Crippen molar-refractivity contribution in [3.63, 3.8) is 0 Å². The van der Waals surface area contributed by atoms with E-state index in [1.807, 2.05) is 0 Å². The highest BCUT2D eigenvalue weighted by Crippen LogP contribution is 2.22. The van der Waals surface area contributed by atoms with Crippen molar-refractivity contribution >= 4 is 29.2 Å². The van der Waals surface area contributed by atoms with E-state index in [1.165, 1.54) is 18.6 Å². The van der Waals surface area contributed by atoms with E-state index in [4.69, 9.17) is 22.4 Å². The Labute approximate surface area is 125 Å². The summed E-state index contributed by atoms with van der Waals surface area (Å²) < 4.78 is 1.65. The summed E-state index contributed by atoms with van der Waals surface area (Å²) in [6, 6.07) is 4.74. The molecule has 0 spiro atoms. The molecule has 0 aliphatic heterocycles. The van der Waals surface area contributed by atoms with Crippen molar-refractivity contribution in [1.29, 1.82) is 0 Å². The number of carboxylic acid groups (broad SMARTS) is 1. The number of halogens is 1. The number of primary amides is 1. The van der Waals surface area contributed by atoms with E-state index in [-0.39, 0.29) is 5.69 Å². The fourth-order valence-electron chi connectivity index (χ4n) is 1.72. The van der Waals surface area contributed by atoms with Gasteiger partial charge in [0.05, 0.1) is 17.0 Å². The minimum Gasteiger partial charge on any atom is -0.476 e. The maximum atomic E-state index is 11.0. The lowest BCUT2D eigenvalue weighted by Crippen LogP contribution is -2.12. The van der Waals surface area contributed by atoms with Gasteiger partial charge in [-0.15, -0.1) is 0 Å². The molecule has 4 N–H and O–H groups in total. The predicted octanol–water partition coefficient (Wildman–Crippen LogP) is 1.45. The van der Waals surface area contributed by atoms with Gasteiger partial charge in [0.2, 0.25) is 5.91 Å². The van der Waals surface area contributed by atoms with Crippen LogP contribution in [0.15, 0.2) is 30.7 Å². The van der Waals surface area contributed by atoms with Crippen molar-refractivity contribution in [3.8, 4) is 0 Å². The highest BCUT2D eigenvalue weighted by Gasteiger charge is 2.07. The van der Waals surface area contributed by atoms with Gasteiger partial charge in [0, 0.05) is 24.8 Å². The number of nitrogens with two attached hydrogens (primary N) is 1. The van der Waals surface area contributed by atoms with Gasteiger partial charge in [-0.1, -0.05) is 11.6 Å². The Bertz CT molecular complexity index is 684. The van der Waals surface area contributed by atoms with E-state index < -0.39 is 11.9 Å². The van der Waals surface area contributed by atoms with Crippen molar-refractivity contribution in [2.24, 2.45) is 5.73 Å². The lowest BCUT2D eigenvalue weighted by atomic mass is 10.2. The molecule has 0 saturated carbocycles. The van der Waals surface area contributed by atoms with Gasteiger partial charge in [0.1, 0.15) is 0 Å². The number of aromatic nitrogens is 2. The lowest BCUT2D eigenvalue weighted by Gasteiger charge is -2.09. The smallest absolute Gasteiger partial charge is 0.356 e.